The molecule has 7 heteroatoms. The van der Waals surface area contributed by atoms with Gasteiger partial charge in [0, 0.05) is 6.04 Å². The number of hydrogen-bond acceptors (Lipinski definition) is 4. The van der Waals surface area contributed by atoms with Gasteiger partial charge in [-0.05, 0) is 13.3 Å². The van der Waals surface area contributed by atoms with Crippen LogP contribution in [-0.2, 0) is 14.4 Å². The molecule has 0 saturated heterocycles. The van der Waals surface area contributed by atoms with Crippen LogP contribution in [0.4, 0.5) is 0 Å². The summed E-state index contributed by atoms with van der Waals surface area (Å²) < 4.78 is 0. The Morgan fingerprint density at radius 3 is 2.41 bits per heavy atom. The van der Waals surface area contributed by atoms with Crippen LogP contribution in [-0.4, -0.2) is 53.5 Å². The highest BCUT2D eigenvalue weighted by atomic mass is 16.4. The number of carboxylic acids is 1. The zero-order valence-electron chi connectivity index (χ0n) is 10.1. The van der Waals surface area contributed by atoms with Crippen LogP contribution in [0.1, 0.15) is 20.3 Å². The van der Waals surface area contributed by atoms with Gasteiger partial charge in [-0.1, -0.05) is 6.92 Å². The van der Waals surface area contributed by atoms with Crippen LogP contribution in [0.15, 0.2) is 0 Å². The van der Waals surface area contributed by atoms with Gasteiger partial charge in [-0.3, -0.25) is 14.4 Å². The molecule has 17 heavy (non-hydrogen) atoms. The number of carboxylic acid groups (broad SMARTS) is 1. The third-order valence-electron chi connectivity index (χ3n) is 2.37. The zero-order chi connectivity index (χ0) is 13.4. The number of nitrogens with one attached hydrogen (secondary N) is 1. The molecule has 2 amide bonds. The molecule has 0 aliphatic rings. The lowest BCUT2D eigenvalue weighted by Gasteiger charge is -2.26. The molecular formula is C10H19N3O4. The van der Waals surface area contributed by atoms with E-state index in [9.17, 15) is 14.4 Å². The van der Waals surface area contributed by atoms with E-state index in [4.69, 9.17) is 10.8 Å². The van der Waals surface area contributed by atoms with Crippen molar-refractivity contribution >= 4 is 17.8 Å². The van der Waals surface area contributed by atoms with Gasteiger partial charge in [0.2, 0.25) is 11.8 Å². The lowest BCUT2D eigenvalue weighted by atomic mass is 10.2. The molecular weight excluding hydrogens is 226 g/mol. The zero-order valence-corrected chi connectivity index (χ0v) is 10.1. The van der Waals surface area contributed by atoms with E-state index in [1.807, 2.05) is 6.92 Å². The standard InChI is InChI=1S/C10H19N3O4/c1-3-7(2)13(6-10(16)17)9(15)5-12-8(14)4-11/h7H,3-6,11H2,1-2H3,(H,12,14)(H,16,17). The molecule has 7 nitrogen and oxygen atoms in total. The van der Waals surface area contributed by atoms with E-state index in [-0.39, 0.29) is 25.7 Å². The Kier molecular flexibility index (Phi) is 6.88. The number of aliphatic carboxylic acids is 1. The van der Waals surface area contributed by atoms with Crippen molar-refractivity contribution in [3.05, 3.63) is 0 Å². The fraction of sp³-hybridized carbons (Fsp3) is 0.700. The molecule has 0 spiro atoms. The van der Waals surface area contributed by atoms with Crippen molar-refractivity contribution in [2.24, 2.45) is 5.73 Å². The van der Waals surface area contributed by atoms with Gasteiger partial charge >= 0.3 is 5.97 Å². The van der Waals surface area contributed by atoms with E-state index in [0.717, 1.165) is 0 Å². The van der Waals surface area contributed by atoms with Gasteiger partial charge < -0.3 is 21.1 Å². The molecule has 0 fully saturated rings. The normalized spacial score (nSPS) is 11.7. The van der Waals surface area contributed by atoms with Gasteiger partial charge in [0.25, 0.3) is 0 Å². The molecule has 0 aromatic rings. The topological polar surface area (TPSA) is 113 Å². The van der Waals surface area contributed by atoms with Crippen molar-refractivity contribution in [1.82, 2.24) is 10.2 Å². The summed E-state index contributed by atoms with van der Waals surface area (Å²) in [7, 11) is 0. The van der Waals surface area contributed by atoms with Gasteiger partial charge in [-0.2, -0.15) is 0 Å². The van der Waals surface area contributed by atoms with E-state index in [1.165, 1.54) is 4.90 Å². The quantitative estimate of drug-likeness (QED) is 0.520. The summed E-state index contributed by atoms with van der Waals surface area (Å²) in [5, 5.41) is 11.0. The monoisotopic (exact) mass is 245 g/mol. The predicted molar refractivity (Wildman–Crippen MR) is 61.2 cm³/mol. The first kappa shape index (κ1) is 15.4. The van der Waals surface area contributed by atoms with E-state index >= 15 is 0 Å². The summed E-state index contributed by atoms with van der Waals surface area (Å²) in [5.74, 6) is -1.95. The maximum atomic E-state index is 11.7. The Bertz CT molecular complexity index is 293. The summed E-state index contributed by atoms with van der Waals surface area (Å²) in [6.45, 7) is 2.81. The van der Waals surface area contributed by atoms with E-state index < -0.39 is 17.8 Å². The number of carbonyl (C=O) groups is 3. The van der Waals surface area contributed by atoms with Crippen molar-refractivity contribution in [2.45, 2.75) is 26.3 Å². The largest absolute Gasteiger partial charge is 0.480 e. The molecule has 0 saturated carbocycles. The summed E-state index contributed by atoms with van der Waals surface area (Å²) in [5.41, 5.74) is 5.07. The average Bonchev–Trinajstić information content (AvgIpc) is 2.31. The van der Waals surface area contributed by atoms with Crippen LogP contribution in [0, 0.1) is 0 Å². The molecule has 0 rings (SSSR count). The van der Waals surface area contributed by atoms with Crippen molar-refractivity contribution in [2.75, 3.05) is 19.6 Å². The van der Waals surface area contributed by atoms with Crippen LogP contribution in [0.2, 0.25) is 0 Å². The first-order valence-corrected chi connectivity index (χ1v) is 5.40. The highest BCUT2D eigenvalue weighted by Crippen LogP contribution is 2.03. The number of amides is 2. The molecule has 0 radical (unpaired) electrons. The molecule has 0 aromatic carbocycles. The van der Waals surface area contributed by atoms with Gasteiger partial charge in [0.15, 0.2) is 0 Å². The predicted octanol–water partition coefficient (Wildman–Crippen LogP) is -1.23. The second-order valence-electron chi connectivity index (χ2n) is 3.65. The maximum absolute atomic E-state index is 11.7. The Morgan fingerprint density at radius 2 is 2.00 bits per heavy atom. The first-order chi connectivity index (χ1) is 7.92. The number of nitrogens with two attached hydrogens (primary N) is 1. The molecule has 0 aromatic heterocycles. The fourth-order valence-electron chi connectivity index (χ4n) is 1.20. The molecule has 0 heterocycles. The van der Waals surface area contributed by atoms with Gasteiger partial charge in [0.05, 0.1) is 13.1 Å². The van der Waals surface area contributed by atoms with E-state index in [0.29, 0.717) is 6.42 Å². The molecule has 98 valence electrons. The molecule has 1 unspecified atom stereocenters. The van der Waals surface area contributed by atoms with Crippen molar-refractivity contribution in [3.63, 3.8) is 0 Å². The number of rotatable bonds is 7. The highest BCUT2D eigenvalue weighted by Gasteiger charge is 2.21. The minimum atomic E-state index is -1.08. The van der Waals surface area contributed by atoms with Crippen LogP contribution < -0.4 is 11.1 Å². The third kappa shape index (κ3) is 5.86. The van der Waals surface area contributed by atoms with Crippen LogP contribution in [0.25, 0.3) is 0 Å². The van der Waals surface area contributed by atoms with Crippen molar-refractivity contribution in [3.8, 4) is 0 Å². The lowest BCUT2D eigenvalue weighted by molar-refractivity contribution is -0.145. The molecule has 0 bridgehead atoms. The molecule has 1 atom stereocenters. The van der Waals surface area contributed by atoms with Crippen molar-refractivity contribution < 1.29 is 19.5 Å². The maximum Gasteiger partial charge on any atom is 0.323 e. The SMILES string of the molecule is CCC(C)N(CC(=O)O)C(=O)CNC(=O)CN. The van der Waals surface area contributed by atoms with Gasteiger partial charge in [-0.25, -0.2) is 0 Å². The highest BCUT2D eigenvalue weighted by molar-refractivity contribution is 5.87. The van der Waals surface area contributed by atoms with Crippen LogP contribution in [0.5, 0.6) is 0 Å². The van der Waals surface area contributed by atoms with E-state index in [1.54, 1.807) is 6.92 Å². The first-order valence-electron chi connectivity index (χ1n) is 5.40. The van der Waals surface area contributed by atoms with Gasteiger partial charge in [0.1, 0.15) is 6.54 Å². The minimum Gasteiger partial charge on any atom is -0.480 e. The van der Waals surface area contributed by atoms with Crippen molar-refractivity contribution in [1.29, 1.82) is 0 Å². The Morgan fingerprint density at radius 1 is 1.41 bits per heavy atom. The second-order valence-corrected chi connectivity index (χ2v) is 3.65. The molecule has 0 aliphatic carbocycles. The minimum absolute atomic E-state index is 0.187. The Hall–Kier alpha value is -1.63. The smallest absolute Gasteiger partial charge is 0.323 e. The Labute approximate surface area is 100.0 Å². The average molecular weight is 245 g/mol. The third-order valence-corrected chi connectivity index (χ3v) is 2.37. The number of carbonyl (C=O) groups excluding carboxylic acids is 2. The van der Waals surface area contributed by atoms with Crippen LogP contribution in [0.3, 0.4) is 0 Å². The van der Waals surface area contributed by atoms with Crippen LogP contribution >= 0.6 is 0 Å². The summed E-state index contributed by atoms with van der Waals surface area (Å²) in [6.07, 6.45) is 0.643. The summed E-state index contributed by atoms with van der Waals surface area (Å²) >= 11 is 0. The second kappa shape index (κ2) is 7.61. The fourth-order valence-corrected chi connectivity index (χ4v) is 1.20. The summed E-state index contributed by atoms with van der Waals surface area (Å²) in [4.78, 5) is 34.4. The lowest BCUT2D eigenvalue weighted by Crippen LogP contribution is -2.47. The van der Waals surface area contributed by atoms with Gasteiger partial charge in [-0.15, -0.1) is 0 Å². The summed E-state index contributed by atoms with van der Waals surface area (Å²) in [6, 6.07) is -0.187. The molecule has 4 N–H and O–H groups in total. The van der Waals surface area contributed by atoms with E-state index in [2.05, 4.69) is 5.32 Å². The number of hydrogen-bond donors (Lipinski definition) is 3. The Balaban J connectivity index is 4.42. The number of nitrogens with zero attached hydrogens (tertiary/aromatic N) is 1. The molecule has 0 aliphatic heterocycles.